The minimum atomic E-state index is -0.492. The zero-order chi connectivity index (χ0) is 15.6. The van der Waals surface area contributed by atoms with E-state index in [1.54, 1.807) is 16.8 Å². The first-order valence-electron chi connectivity index (χ1n) is 7.06. The molecule has 2 rings (SSSR count). The average Bonchev–Trinajstić information content (AvgIpc) is 3.06. The second-order valence-electron chi connectivity index (χ2n) is 6.26. The third-order valence-corrected chi connectivity index (χ3v) is 4.27. The third-order valence-electron chi connectivity index (χ3n) is 3.42. The summed E-state index contributed by atoms with van der Waals surface area (Å²) in [5.41, 5.74) is -0.492. The molecule has 6 heteroatoms. The van der Waals surface area contributed by atoms with Crippen LogP contribution in [0.15, 0.2) is 17.5 Å². The van der Waals surface area contributed by atoms with Crippen molar-refractivity contribution >= 4 is 23.3 Å². The molecule has 1 aliphatic heterocycles. The van der Waals surface area contributed by atoms with Crippen LogP contribution in [0.25, 0.3) is 0 Å². The molecule has 1 fully saturated rings. The highest BCUT2D eigenvalue weighted by molar-refractivity contribution is 7.12. The number of ether oxygens (including phenoxy) is 1. The molecule has 0 spiro atoms. The lowest BCUT2D eigenvalue weighted by Crippen LogP contribution is -2.41. The van der Waals surface area contributed by atoms with Crippen LogP contribution in [0.1, 0.15) is 36.9 Å². The maximum atomic E-state index is 12.3. The van der Waals surface area contributed by atoms with Gasteiger partial charge in [-0.25, -0.2) is 4.79 Å². The fraction of sp³-hybridized carbons (Fsp3) is 0.600. The summed E-state index contributed by atoms with van der Waals surface area (Å²) < 4.78 is 5.37. The number of carbonyl (C=O) groups excluding carboxylic acids is 2. The number of nitrogens with zero attached hydrogens (tertiary/aromatic N) is 2. The Kier molecular flexibility index (Phi) is 4.56. The van der Waals surface area contributed by atoms with Crippen LogP contribution >= 0.6 is 11.3 Å². The van der Waals surface area contributed by atoms with E-state index in [1.165, 1.54) is 11.3 Å². The lowest BCUT2D eigenvalue weighted by atomic mass is 10.2. The van der Waals surface area contributed by atoms with E-state index in [9.17, 15) is 9.59 Å². The number of likely N-dealkylation sites (N-methyl/N-ethyl adjacent to an activating group) is 1. The Balaban J connectivity index is 1.93. The molecular formula is C15H22N2O3S. The number of thiophene rings is 1. The molecule has 2 heterocycles. The molecule has 0 saturated carbocycles. The molecule has 0 bridgehead atoms. The van der Waals surface area contributed by atoms with Crippen molar-refractivity contribution in [2.75, 3.05) is 20.1 Å². The predicted octanol–water partition coefficient (Wildman–Crippen LogP) is 2.83. The van der Waals surface area contributed by atoms with Crippen LogP contribution in [0.3, 0.4) is 0 Å². The zero-order valence-electron chi connectivity index (χ0n) is 13.0. The van der Waals surface area contributed by atoms with Gasteiger partial charge >= 0.3 is 6.09 Å². The van der Waals surface area contributed by atoms with Gasteiger partial charge in [0.2, 0.25) is 0 Å². The molecular weight excluding hydrogens is 288 g/mol. The molecule has 21 heavy (non-hydrogen) atoms. The molecule has 0 N–H and O–H groups in total. The summed E-state index contributed by atoms with van der Waals surface area (Å²) in [6.07, 6.45) is 0.481. The SMILES string of the molecule is CN(C(=O)c1cccs1)C1CCN(C(=O)OC(C)(C)C)C1. The van der Waals surface area contributed by atoms with Gasteiger partial charge in [0, 0.05) is 20.1 Å². The Morgan fingerprint density at radius 2 is 2.14 bits per heavy atom. The monoisotopic (exact) mass is 310 g/mol. The molecule has 1 saturated heterocycles. The van der Waals surface area contributed by atoms with Crippen molar-refractivity contribution in [3.63, 3.8) is 0 Å². The largest absolute Gasteiger partial charge is 0.444 e. The second kappa shape index (κ2) is 6.05. The van der Waals surface area contributed by atoms with E-state index in [0.29, 0.717) is 13.1 Å². The van der Waals surface area contributed by atoms with Gasteiger partial charge in [0.05, 0.1) is 10.9 Å². The van der Waals surface area contributed by atoms with Crippen LogP contribution in [0.2, 0.25) is 0 Å². The van der Waals surface area contributed by atoms with Gasteiger partial charge in [-0.05, 0) is 38.6 Å². The molecule has 2 amide bonds. The van der Waals surface area contributed by atoms with E-state index in [-0.39, 0.29) is 18.0 Å². The molecule has 1 aromatic rings. The van der Waals surface area contributed by atoms with Crippen LogP contribution in [-0.4, -0.2) is 53.6 Å². The van der Waals surface area contributed by atoms with Crippen LogP contribution < -0.4 is 0 Å². The van der Waals surface area contributed by atoms with Crippen molar-refractivity contribution in [1.82, 2.24) is 9.80 Å². The van der Waals surface area contributed by atoms with Gasteiger partial charge in [0.15, 0.2) is 0 Å². The highest BCUT2D eigenvalue weighted by Gasteiger charge is 2.33. The molecule has 1 unspecified atom stereocenters. The molecule has 116 valence electrons. The number of carbonyl (C=O) groups is 2. The van der Waals surface area contributed by atoms with E-state index in [0.717, 1.165) is 11.3 Å². The Labute approximate surface area is 129 Å². The number of rotatable bonds is 2. The average molecular weight is 310 g/mol. The topological polar surface area (TPSA) is 49.9 Å². The first-order chi connectivity index (χ1) is 9.78. The lowest BCUT2D eigenvalue weighted by molar-refractivity contribution is 0.0279. The highest BCUT2D eigenvalue weighted by Crippen LogP contribution is 2.20. The van der Waals surface area contributed by atoms with Gasteiger partial charge in [-0.3, -0.25) is 4.79 Å². The number of likely N-dealkylation sites (tertiary alicyclic amines) is 1. The summed E-state index contributed by atoms with van der Waals surface area (Å²) >= 11 is 1.44. The fourth-order valence-electron chi connectivity index (χ4n) is 2.29. The maximum Gasteiger partial charge on any atom is 0.410 e. The van der Waals surface area contributed by atoms with E-state index < -0.39 is 5.60 Å². The van der Waals surface area contributed by atoms with Gasteiger partial charge in [-0.1, -0.05) is 6.07 Å². The Hall–Kier alpha value is -1.56. The van der Waals surface area contributed by atoms with E-state index in [1.807, 2.05) is 38.3 Å². The number of hydrogen-bond donors (Lipinski definition) is 0. The van der Waals surface area contributed by atoms with Gasteiger partial charge in [-0.15, -0.1) is 11.3 Å². The Morgan fingerprint density at radius 3 is 2.71 bits per heavy atom. The van der Waals surface area contributed by atoms with Crippen LogP contribution in [-0.2, 0) is 4.74 Å². The molecule has 0 aromatic carbocycles. The number of hydrogen-bond acceptors (Lipinski definition) is 4. The Morgan fingerprint density at radius 1 is 1.43 bits per heavy atom. The van der Waals surface area contributed by atoms with Gasteiger partial charge in [-0.2, -0.15) is 0 Å². The zero-order valence-corrected chi connectivity index (χ0v) is 13.8. The maximum absolute atomic E-state index is 12.3. The standard InChI is InChI=1S/C15H22N2O3S/c1-15(2,3)20-14(19)17-8-7-11(10-17)16(4)13(18)12-6-5-9-21-12/h5-6,9,11H,7-8,10H2,1-4H3. The third kappa shape index (κ3) is 3.97. The lowest BCUT2D eigenvalue weighted by Gasteiger charge is -2.26. The minimum absolute atomic E-state index is 0.0149. The van der Waals surface area contributed by atoms with Crippen LogP contribution in [0.4, 0.5) is 4.79 Å². The van der Waals surface area contributed by atoms with Gasteiger partial charge < -0.3 is 14.5 Å². The van der Waals surface area contributed by atoms with Crippen molar-refractivity contribution in [3.8, 4) is 0 Å². The molecule has 0 aliphatic carbocycles. The summed E-state index contributed by atoms with van der Waals surface area (Å²) in [4.78, 5) is 28.5. The quantitative estimate of drug-likeness (QED) is 0.844. The normalized spacial score (nSPS) is 18.7. The van der Waals surface area contributed by atoms with Gasteiger partial charge in [0.25, 0.3) is 5.91 Å². The highest BCUT2D eigenvalue weighted by atomic mass is 32.1. The summed E-state index contributed by atoms with van der Waals surface area (Å²) in [6.45, 7) is 6.71. The molecule has 1 atom stereocenters. The van der Waals surface area contributed by atoms with Crippen molar-refractivity contribution in [1.29, 1.82) is 0 Å². The van der Waals surface area contributed by atoms with Crippen molar-refractivity contribution in [2.24, 2.45) is 0 Å². The first kappa shape index (κ1) is 15.8. The van der Waals surface area contributed by atoms with Crippen LogP contribution in [0, 0.1) is 0 Å². The summed E-state index contributed by atoms with van der Waals surface area (Å²) in [5.74, 6) is 0.0149. The molecule has 1 aromatic heterocycles. The summed E-state index contributed by atoms with van der Waals surface area (Å²) in [5, 5.41) is 1.89. The smallest absolute Gasteiger partial charge is 0.410 e. The fourth-order valence-corrected chi connectivity index (χ4v) is 3.00. The second-order valence-corrected chi connectivity index (χ2v) is 7.21. The summed E-state index contributed by atoms with van der Waals surface area (Å²) in [6, 6.07) is 3.74. The van der Waals surface area contributed by atoms with Crippen molar-refractivity contribution < 1.29 is 14.3 Å². The van der Waals surface area contributed by atoms with Crippen molar-refractivity contribution in [2.45, 2.75) is 38.8 Å². The number of amides is 2. The first-order valence-corrected chi connectivity index (χ1v) is 7.94. The van der Waals surface area contributed by atoms with Crippen molar-refractivity contribution in [3.05, 3.63) is 22.4 Å². The Bertz CT molecular complexity index is 507. The predicted molar refractivity (Wildman–Crippen MR) is 82.6 cm³/mol. The molecule has 0 radical (unpaired) electrons. The molecule has 1 aliphatic rings. The van der Waals surface area contributed by atoms with E-state index >= 15 is 0 Å². The van der Waals surface area contributed by atoms with E-state index in [2.05, 4.69) is 0 Å². The van der Waals surface area contributed by atoms with E-state index in [4.69, 9.17) is 4.74 Å². The molecule has 5 nitrogen and oxygen atoms in total. The summed E-state index contributed by atoms with van der Waals surface area (Å²) in [7, 11) is 1.80. The van der Waals surface area contributed by atoms with Gasteiger partial charge in [0.1, 0.15) is 5.60 Å². The van der Waals surface area contributed by atoms with Crippen LogP contribution in [0.5, 0.6) is 0 Å². The minimum Gasteiger partial charge on any atom is -0.444 e.